The maximum absolute atomic E-state index is 12.7. The van der Waals surface area contributed by atoms with Crippen LogP contribution in [0.4, 0.5) is 13.2 Å². The number of benzene rings is 1. The number of alkyl halides is 3. The average molecular weight is 293 g/mol. The van der Waals surface area contributed by atoms with Crippen LogP contribution in [-0.4, -0.2) is 29.8 Å². The van der Waals surface area contributed by atoms with Crippen LogP contribution in [0.3, 0.4) is 0 Å². The van der Waals surface area contributed by atoms with Gasteiger partial charge in [0.15, 0.2) is 0 Å². The molecule has 1 unspecified atom stereocenters. The summed E-state index contributed by atoms with van der Waals surface area (Å²) in [5, 5.41) is 11.9. The minimum Gasteiger partial charge on any atom is -0.396 e. The molecule has 0 aliphatic rings. The highest BCUT2D eigenvalue weighted by Crippen LogP contribution is 2.31. The largest absolute Gasteiger partial charge is 0.416 e. The van der Waals surface area contributed by atoms with Crippen molar-refractivity contribution in [2.24, 2.45) is 0 Å². The fourth-order valence-corrected chi connectivity index (χ4v) is 2.56. The van der Waals surface area contributed by atoms with Gasteiger partial charge in [-0.3, -0.25) is 0 Å². The number of hydrogen-bond donors (Lipinski definition) is 2. The lowest BCUT2D eigenvalue weighted by molar-refractivity contribution is -0.137. The predicted molar refractivity (Wildman–Crippen MR) is 72.3 cm³/mol. The van der Waals surface area contributed by atoms with Gasteiger partial charge in [-0.2, -0.15) is 24.9 Å². The Morgan fingerprint density at radius 1 is 1.37 bits per heavy atom. The molecule has 6 heteroatoms. The Kier molecular flexibility index (Phi) is 6.68. The number of halogens is 3. The van der Waals surface area contributed by atoms with Crippen molar-refractivity contribution in [1.29, 1.82) is 0 Å². The first kappa shape index (κ1) is 16.3. The molecule has 0 aliphatic heterocycles. The van der Waals surface area contributed by atoms with Gasteiger partial charge < -0.3 is 10.4 Å². The molecular weight excluding hydrogens is 275 g/mol. The molecule has 0 bridgehead atoms. The zero-order valence-corrected chi connectivity index (χ0v) is 11.5. The number of aliphatic hydroxyl groups excluding tert-OH is 1. The Hall–Kier alpha value is -0.720. The van der Waals surface area contributed by atoms with Crippen LogP contribution < -0.4 is 5.32 Å². The van der Waals surface area contributed by atoms with Gasteiger partial charge in [0.1, 0.15) is 0 Å². The van der Waals surface area contributed by atoms with Gasteiger partial charge in [0.05, 0.1) is 12.2 Å². The third-order valence-corrected chi connectivity index (χ3v) is 3.63. The molecule has 0 saturated carbocycles. The molecule has 0 amide bonds. The molecule has 0 aliphatic carbocycles. The van der Waals surface area contributed by atoms with Crippen LogP contribution in [0.25, 0.3) is 0 Å². The summed E-state index contributed by atoms with van der Waals surface area (Å²) in [6.07, 6.45) is -4.31. The Balaban J connectivity index is 2.83. The molecule has 1 aromatic carbocycles. The topological polar surface area (TPSA) is 32.3 Å². The summed E-state index contributed by atoms with van der Waals surface area (Å²) in [7, 11) is 0. The van der Waals surface area contributed by atoms with Crippen LogP contribution in [0.15, 0.2) is 24.3 Å². The van der Waals surface area contributed by atoms with Crippen molar-refractivity contribution in [3.63, 3.8) is 0 Å². The number of aliphatic hydroxyl groups is 1. The summed E-state index contributed by atoms with van der Waals surface area (Å²) in [5.74, 6) is 1.22. The van der Waals surface area contributed by atoms with Crippen LogP contribution in [0, 0.1) is 0 Å². The average Bonchev–Trinajstić information content (AvgIpc) is 2.37. The second-order valence-corrected chi connectivity index (χ2v) is 5.18. The minimum absolute atomic E-state index is 0.0755. The van der Waals surface area contributed by atoms with E-state index in [1.54, 1.807) is 6.07 Å². The second kappa shape index (κ2) is 7.77. The van der Waals surface area contributed by atoms with Gasteiger partial charge in [-0.1, -0.05) is 19.1 Å². The molecule has 0 fully saturated rings. The second-order valence-electron chi connectivity index (χ2n) is 4.03. The standard InChI is InChI=1S/C13H18F3NOS/c1-2-17-12(9-19-7-6-18)10-4-3-5-11(8-10)13(14,15)16/h3-5,8,12,17-18H,2,6-7,9H2,1H3. The SMILES string of the molecule is CCNC(CSCCO)c1cccc(C(F)(F)F)c1. The van der Waals surface area contributed by atoms with E-state index in [0.29, 0.717) is 23.6 Å². The van der Waals surface area contributed by atoms with E-state index in [9.17, 15) is 13.2 Å². The highest BCUT2D eigenvalue weighted by atomic mass is 32.2. The van der Waals surface area contributed by atoms with E-state index in [0.717, 1.165) is 6.07 Å². The smallest absolute Gasteiger partial charge is 0.396 e. The third kappa shape index (κ3) is 5.42. The summed E-state index contributed by atoms with van der Waals surface area (Å²) in [4.78, 5) is 0. The Labute approximate surface area is 115 Å². The molecular formula is C13H18F3NOS. The molecule has 2 nitrogen and oxygen atoms in total. The predicted octanol–water partition coefficient (Wildman–Crippen LogP) is 3.08. The van der Waals surface area contributed by atoms with Crippen molar-refractivity contribution in [2.75, 3.05) is 24.7 Å². The van der Waals surface area contributed by atoms with Crippen molar-refractivity contribution in [2.45, 2.75) is 19.1 Å². The maximum atomic E-state index is 12.7. The number of rotatable bonds is 7. The molecule has 1 rings (SSSR count). The zero-order valence-electron chi connectivity index (χ0n) is 10.7. The van der Waals surface area contributed by atoms with Gasteiger partial charge in [-0.05, 0) is 24.2 Å². The first-order chi connectivity index (χ1) is 8.99. The zero-order chi connectivity index (χ0) is 14.3. The fraction of sp³-hybridized carbons (Fsp3) is 0.538. The van der Waals surface area contributed by atoms with Gasteiger partial charge in [-0.25, -0.2) is 0 Å². The summed E-state index contributed by atoms with van der Waals surface area (Å²) in [6, 6.07) is 5.26. The van der Waals surface area contributed by atoms with Gasteiger partial charge in [0.25, 0.3) is 0 Å². The van der Waals surface area contributed by atoms with Crippen molar-refractivity contribution < 1.29 is 18.3 Å². The van der Waals surface area contributed by atoms with Crippen molar-refractivity contribution >= 4 is 11.8 Å². The summed E-state index contributed by atoms with van der Waals surface area (Å²) in [6.45, 7) is 2.67. The molecule has 0 radical (unpaired) electrons. The van der Waals surface area contributed by atoms with Gasteiger partial charge in [0.2, 0.25) is 0 Å². The maximum Gasteiger partial charge on any atom is 0.416 e. The highest BCUT2D eigenvalue weighted by molar-refractivity contribution is 7.99. The fourth-order valence-electron chi connectivity index (χ4n) is 1.72. The van der Waals surface area contributed by atoms with E-state index >= 15 is 0 Å². The number of nitrogens with one attached hydrogen (secondary N) is 1. The van der Waals surface area contributed by atoms with Gasteiger partial charge in [-0.15, -0.1) is 0 Å². The molecule has 19 heavy (non-hydrogen) atoms. The Morgan fingerprint density at radius 3 is 2.68 bits per heavy atom. The van der Waals surface area contributed by atoms with Gasteiger partial charge in [0, 0.05) is 17.5 Å². The van der Waals surface area contributed by atoms with E-state index in [1.807, 2.05) is 6.92 Å². The molecule has 0 aromatic heterocycles. The Bertz CT molecular complexity index is 384. The minimum atomic E-state index is -4.31. The summed E-state index contributed by atoms with van der Waals surface area (Å²) < 4.78 is 38.0. The van der Waals surface area contributed by atoms with Crippen LogP contribution in [0.1, 0.15) is 24.1 Å². The Morgan fingerprint density at radius 2 is 2.11 bits per heavy atom. The van der Waals surface area contributed by atoms with E-state index in [-0.39, 0.29) is 12.6 Å². The van der Waals surface area contributed by atoms with E-state index in [2.05, 4.69) is 5.32 Å². The lowest BCUT2D eigenvalue weighted by Crippen LogP contribution is -2.23. The third-order valence-electron chi connectivity index (χ3n) is 2.59. The first-order valence-electron chi connectivity index (χ1n) is 6.08. The number of hydrogen-bond acceptors (Lipinski definition) is 3. The first-order valence-corrected chi connectivity index (χ1v) is 7.23. The van der Waals surface area contributed by atoms with Crippen LogP contribution in [0.5, 0.6) is 0 Å². The van der Waals surface area contributed by atoms with Crippen LogP contribution in [0.2, 0.25) is 0 Å². The molecule has 0 saturated heterocycles. The molecule has 108 valence electrons. The lowest BCUT2D eigenvalue weighted by atomic mass is 10.0. The highest BCUT2D eigenvalue weighted by Gasteiger charge is 2.30. The molecule has 0 heterocycles. The number of thioether (sulfide) groups is 1. The quantitative estimate of drug-likeness (QED) is 0.758. The lowest BCUT2D eigenvalue weighted by Gasteiger charge is -2.19. The van der Waals surface area contributed by atoms with Crippen molar-refractivity contribution in [1.82, 2.24) is 5.32 Å². The molecule has 2 N–H and O–H groups in total. The summed E-state index contributed by atoms with van der Waals surface area (Å²) >= 11 is 1.52. The van der Waals surface area contributed by atoms with E-state index in [4.69, 9.17) is 5.11 Å². The molecule has 1 atom stereocenters. The van der Waals surface area contributed by atoms with Crippen LogP contribution >= 0.6 is 11.8 Å². The van der Waals surface area contributed by atoms with Gasteiger partial charge >= 0.3 is 6.18 Å². The van der Waals surface area contributed by atoms with E-state index in [1.165, 1.54) is 23.9 Å². The van der Waals surface area contributed by atoms with E-state index < -0.39 is 11.7 Å². The normalized spacial score (nSPS) is 13.5. The van der Waals surface area contributed by atoms with Crippen LogP contribution in [-0.2, 0) is 6.18 Å². The molecule has 0 spiro atoms. The summed E-state index contributed by atoms with van der Waals surface area (Å²) in [5.41, 5.74) is 0.00201. The van der Waals surface area contributed by atoms with Crippen molar-refractivity contribution in [3.8, 4) is 0 Å². The molecule has 1 aromatic rings. The monoisotopic (exact) mass is 293 g/mol. The van der Waals surface area contributed by atoms with Crippen molar-refractivity contribution in [3.05, 3.63) is 35.4 Å².